The maximum absolute atomic E-state index is 12.1. The number of hydrogen-bond acceptors (Lipinski definition) is 4. The minimum atomic E-state index is -0.311. The van der Waals surface area contributed by atoms with Gasteiger partial charge < -0.3 is 14.6 Å². The Bertz CT molecular complexity index is 1270. The highest BCUT2D eigenvalue weighted by Crippen LogP contribution is 2.23. The van der Waals surface area contributed by atoms with Gasteiger partial charge in [0.15, 0.2) is 0 Å². The summed E-state index contributed by atoms with van der Waals surface area (Å²) in [6.45, 7) is 6.26. The molecule has 0 amide bonds. The number of esters is 1. The quantitative estimate of drug-likeness (QED) is 0.256. The molecular weight excluding hydrogens is 410 g/mol. The fraction of sp³-hybridized carbons (Fsp3) is 0.143. The van der Waals surface area contributed by atoms with Gasteiger partial charge in [0.25, 0.3) is 0 Å². The van der Waals surface area contributed by atoms with Crippen molar-refractivity contribution in [3.8, 4) is 5.69 Å². The van der Waals surface area contributed by atoms with Gasteiger partial charge in [0, 0.05) is 40.2 Å². The standard InChI is InChI=1S/C28H27N3O2/c1-4-33-28(32)22-9-8-12-27(18-22)31-20(2)17-23(21(31)3)19-29-24-13-15-26(16-14-24)30-25-10-6-5-7-11-25/h5-19,30H,4H2,1-3H3. The van der Waals surface area contributed by atoms with Gasteiger partial charge in [-0.15, -0.1) is 0 Å². The number of aromatic nitrogens is 1. The first-order valence-electron chi connectivity index (χ1n) is 11.0. The normalized spacial score (nSPS) is 11.0. The monoisotopic (exact) mass is 437 g/mol. The Hall–Kier alpha value is -4.12. The number of rotatable bonds is 7. The lowest BCUT2D eigenvalue weighted by Crippen LogP contribution is -2.06. The third kappa shape index (κ3) is 5.21. The summed E-state index contributed by atoms with van der Waals surface area (Å²) in [5, 5.41) is 3.38. The van der Waals surface area contributed by atoms with Crippen LogP contribution >= 0.6 is 0 Å². The number of benzene rings is 3. The molecule has 5 nitrogen and oxygen atoms in total. The van der Waals surface area contributed by atoms with E-state index in [-0.39, 0.29) is 5.97 Å². The van der Waals surface area contributed by atoms with Crippen LogP contribution in [0.2, 0.25) is 0 Å². The van der Waals surface area contributed by atoms with Crippen LogP contribution in [0, 0.1) is 13.8 Å². The van der Waals surface area contributed by atoms with Crippen LogP contribution < -0.4 is 5.32 Å². The number of aliphatic imine (C=N–C) groups is 1. The summed E-state index contributed by atoms with van der Waals surface area (Å²) in [5.74, 6) is -0.311. The molecule has 0 fully saturated rings. The Morgan fingerprint density at radius 1 is 0.939 bits per heavy atom. The van der Waals surface area contributed by atoms with Gasteiger partial charge in [-0.05, 0) is 81.4 Å². The number of anilines is 2. The van der Waals surface area contributed by atoms with Gasteiger partial charge >= 0.3 is 5.97 Å². The predicted octanol–water partition coefficient (Wildman–Crippen LogP) is 6.77. The van der Waals surface area contributed by atoms with Gasteiger partial charge in [0.2, 0.25) is 0 Å². The minimum absolute atomic E-state index is 0.311. The number of carbonyl (C=O) groups is 1. The smallest absolute Gasteiger partial charge is 0.338 e. The Morgan fingerprint density at radius 3 is 2.39 bits per heavy atom. The van der Waals surface area contributed by atoms with E-state index in [1.165, 1.54) is 0 Å². The fourth-order valence-corrected chi connectivity index (χ4v) is 3.77. The molecule has 0 saturated carbocycles. The van der Waals surface area contributed by atoms with Crippen molar-refractivity contribution in [1.82, 2.24) is 4.57 Å². The predicted molar refractivity (Wildman–Crippen MR) is 135 cm³/mol. The van der Waals surface area contributed by atoms with Crippen molar-refractivity contribution >= 4 is 29.2 Å². The molecule has 166 valence electrons. The van der Waals surface area contributed by atoms with Crippen molar-refractivity contribution in [3.05, 3.63) is 107 Å². The first-order chi connectivity index (χ1) is 16.0. The number of hydrogen-bond donors (Lipinski definition) is 1. The van der Waals surface area contributed by atoms with Gasteiger partial charge in [-0.3, -0.25) is 4.99 Å². The van der Waals surface area contributed by atoms with Crippen LogP contribution in [0.5, 0.6) is 0 Å². The summed E-state index contributed by atoms with van der Waals surface area (Å²) in [7, 11) is 0. The second-order valence-corrected chi connectivity index (χ2v) is 7.73. The summed E-state index contributed by atoms with van der Waals surface area (Å²) in [4.78, 5) is 16.8. The minimum Gasteiger partial charge on any atom is -0.462 e. The molecule has 0 aliphatic rings. The number of nitrogens with one attached hydrogen (secondary N) is 1. The van der Waals surface area contributed by atoms with Crippen molar-refractivity contribution < 1.29 is 9.53 Å². The van der Waals surface area contributed by atoms with E-state index in [1.807, 2.05) is 85.9 Å². The maximum atomic E-state index is 12.1. The molecule has 0 bridgehead atoms. The first-order valence-corrected chi connectivity index (χ1v) is 11.0. The van der Waals surface area contributed by atoms with Crippen LogP contribution in [0.3, 0.4) is 0 Å². The molecular formula is C28H27N3O2. The van der Waals surface area contributed by atoms with E-state index >= 15 is 0 Å². The van der Waals surface area contributed by atoms with Crippen LogP contribution in [0.4, 0.5) is 17.1 Å². The summed E-state index contributed by atoms with van der Waals surface area (Å²) >= 11 is 0. The van der Waals surface area contributed by atoms with E-state index in [4.69, 9.17) is 4.74 Å². The SMILES string of the molecule is CCOC(=O)c1cccc(-n2c(C)cc(C=Nc3ccc(Nc4ccccc4)cc3)c2C)c1. The summed E-state index contributed by atoms with van der Waals surface area (Å²) < 4.78 is 7.26. The Morgan fingerprint density at radius 2 is 1.67 bits per heavy atom. The number of nitrogens with zero attached hydrogens (tertiary/aromatic N) is 2. The molecule has 0 spiro atoms. The van der Waals surface area contributed by atoms with Gasteiger partial charge in [-0.1, -0.05) is 24.3 Å². The van der Waals surface area contributed by atoms with Gasteiger partial charge in [-0.2, -0.15) is 0 Å². The van der Waals surface area contributed by atoms with Gasteiger partial charge in [0.1, 0.15) is 0 Å². The van der Waals surface area contributed by atoms with E-state index in [0.717, 1.165) is 39.7 Å². The lowest BCUT2D eigenvalue weighted by atomic mass is 10.2. The molecule has 0 aliphatic heterocycles. The molecule has 0 radical (unpaired) electrons. The maximum Gasteiger partial charge on any atom is 0.338 e. The second-order valence-electron chi connectivity index (χ2n) is 7.73. The van der Waals surface area contributed by atoms with E-state index in [2.05, 4.69) is 27.9 Å². The molecule has 4 rings (SSSR count). The lowest BCUT2D eigenvalue weighted by Gasteiger charge is -2.11. The van der Waals surface area contributed by atoms with E-state index in [9.17, 15) is 4.79 Å². The molecule has 0 atom stereocenters. The largest absolute Gasteiger partial charge is 0.462 e. The van der Waals surface area contributed by atoms with Crippen molar-refractivity contribution in [2.24, 2.45) is 4.99 Å². The van der Waals surface area contributed by atoms with Crippen LogP contribution in [0.1, 0.15) is 34.2 Å². The molecule has 5 heteroatoms. The van der Waals surface area contributed by atoms with Gasteiger partial charge in [0.05, 0.1) is 17.9 Å². The summed E-state index contributed by atoms with van der Waals surface area (Å²) in [5.41, 5.74) is 7.56. The molecule has 3 aromatic carbocycles. The highest BCUT2D eigenvalue weighted by molar-refractivity contribution is 5.90. The zero-order chi connectivity index (χ0) is 23.2. The third-order valence-electron chi connectivity index (χ3n) is 5.37. The highest BCUT2D eigenvalue weighted by atomic mass is 16.5. The van der Waals surface area contributed by atoms with Crippen molar-refractivity contribution in [1.29, 1.82) is 0 Å². The van der Waals surface area contributed by atoms with E-state index < -0.39 is 0 Å². The number of aryl methyl sites for hydroxylation is 1. The van der Waals surface area contributed by atoms with Crippen LogP contribution in [0.15, 0.2) is 89.9 Å². The number of para-hydroxylation sites is 1. The zero-order valence-electron chi connectivity index (χ0n) is 19.1. The molecule has 0 unspecified atom stereocenters. The summed E-state index contributed by atoms with van der Waals surface area (Å²) in [6, 6.07) is 27.7. The molecule has 1 aromatic heterocycles. The molecule has 0 saturated heterocycles. The average Bonchev–Trinajstić information content (AvgIpc) is 3.12. The Kier molecular flexibility index (Phi) is 6.69. The molecule has 33 heavy (non-hydrogen) atoms. The molecule has 0 aliphatic carbocycles. The topological polar surface area (TPSA) is 55.6 Å². The first kappa shape index (κ1) is 22.1. The Balaban J connectivity index is 1.53. The highest BCUT2D eigenvalue weighted by Gasteiger charge is 2.12. The number of ether oxygens (including phenoxy) is 1. The fourth-order valence-electron chi connectivity index (χ4n) is 3.77. The van der Waals surface area contributed by atoms with E-state index in [1.54, 1.807) is 13.0 Å². The van der Waals surface area contributed by atoms with Crippen LogP contribution in [0.25, 0.3) is 5.69 Å². The molecule has 1 N–H and O–H groups in total. The Labute approximate surface area is 194 Å². The number of carbonyl (C=O) groups excluding carboxylic acids is 1. The zero-order valence-corrected chi connectivity index (χ0v) is 19.1. The summed E-state index contributed by atoms with van der Waals surface area (Å²) in [6.07, 6.45) is 1.88. The average molecular weight is 438 g/mol. The van der Waals surface area contributed by atoms with Crippen LogP contribution in [-0.2, 0) is 4.74 Å². The molecule has 1 heterocycles. The molecule has 4 aromatic rings. The van der Waals surface area contributed by atoms with Crippen molar-refractivity contribution in [2.75, 3.05) is 11.9 Å². The van der Waals surface area contributed by atoms with Crippen molar-refractivity contribution in [2.45, 2.75) is 20.8 Å². The van der Waals surface area contributed by atoms with Gasteiger partial charge in [-0.25, -0.2) is 4.79 Å². The third-order valence-corrected chi connectivity index (χ3v) is 5.37. The lowest BCUT2D eigenvalue weighted by molar-refractivity contribution is 0.0526. The second kappa shape index (κ2) is 10.0. The van der Waals surface area contributed by atoms with Crippen molar-refractivity contribution in [3.63, 3.8) is 0 Å². The van der Waals surface area contributed by atoms with Crippen LogP contribution in [-0.4, -0.2) is 23.4 Å². The van der Waals surface area contributed by atoms with E-state index in [0.29, 0.717) is 12.2 Å².